The maximum absolute atomic E-state index is 11.5. The summed E-state index contributed by atoms with van der Waals surface area (Å²) >= 11 is 3.31. The summed E-state index contributed by atoms with van der Waals surface area (Å²) in [7, 11) is 0. The maximum atomic E-state index is 11.5. The molecule has 6 heteroatoms. The summed E-state index contributed by atoms with van der Waals surface area (Å²) < 4.78 is 0.900. The third-order valence-corrected chi connectivity index (χ3v) is 2.44. The van der Waals surface area contributed by atoms with E-state index in [2.05, 4.69) is 26.6 Å². The standard InChI is InChI=1S/C11H14BrN3O2/c12-8-2-1-3-9(6-8)15-11(17)7-14-5-4-10(13)16/h1-3,6,14H,4-5,7H2,(H2,13,16)(H,15,17). The topological polar surface area (TPSA) is 84.2 Å². The van der Waals surface area contributed by atoms with E-state index in [0.717, 1.165) is 10.2 Å². The number of carbonyl (C=O) groups is 2. The number of nitrogens with one attached hydrogen (secondary N) is 2. The van der Waals surface area contributed by atoms with Crippen molar-refractivity contribution in [1.82, 2.24) is 5.32 Å². The van der Waals surface area contributed by atoms with Gasteiger partial charge in [-0.1, -0.05) is 22.0 Å². The number of hydrogen-bond donors (Lipinski definition) is 3. The molecule has 4 N–H and O–H groups in total. The second-order valence-corrected chi connectivity index (χ2v) is 4.37. The molecule has 92 valence electrons. The number of anilines is 1. The summed E-state index contributed by atoms with van der Waals surface area (Å²) in [5.74, 6) is -0.544. The molecule has 1 rings (SSSR count). The molecule has 0 fully saturated rings. The minimum absolute atomic E-state index is 0.153. The lowest BCUT2D eigenvalue weighted by atomic mass is 10.3. The van der Waals surface area contributed by atoms with Crippen molar-refractivity contribution in [3.8, 4) is 0 Å². The lowest BCUT2D eigenvalue weighted by Crippen LogP contribution is -2.30. The zero-order valence-corrected chi connectivity index (χ0v) is 10.8. The number of rotatable bonds is 6. The molecule has 1 aromatic carbocycles. The highest BCUT2D eigenvalue weighted by Crippen LogP contribution is 2.15. The Balaban J connectivity index is 2.27. The van der Waals surface area contributed by atoms with Gasteiger partial charge in [-0.3, -0.25) is 9.59 Å². The molecule has 0 aliphatic heterocycles. The van der Waals surface area contributed by atoms with Gasteiger partial charge in [0, 0.05) is 23.1 Å². The average Bonchev–Trinajstić information content (AvgIpc) is 2.24. The van der Waals surface area contributed by atoms with E-state index >= 15 is 0 Å². The molecule has 0 saturated heterocycles. The first-order valence-electron chi connectivity index (χ1n) is 5.12. The third-order valence-electron chi connectivity index (χ3n) is 1.94. The summed E-state index contributed by atoms with van der Waals surface area (Å²) in [6, 6.07) is 7.31. The highest BCUT2D eigenvalue weighted by atomic mass is 79.9. The van der Waals surface area contributed by atoms with Crippen molar-refractivity contribution < 1.29 is 9.59 Å². The number of hydrogen-bond acceptors (Lipinski definition) is 3. The molecule has 17 heavy (non-hydrogen) atoms. The third kappa shape index (κ3) is 6.03. The Bertz CT molecular complexity index is 409. The first-order valence-corrected chi connectivity index (χ1v) is 5.91. The van der Waals surface area contributed by atoms with Crippen LogP contribution in [0.4, 0.5) is 5.69 Å². The molecule has 0 aliphatic rings. The van der Waals surface area contributed by atoms with E-state index in [0.29, 0.717) is 6.54 Å². The Morgan fingerprint density at radius 3 is 2.76 bits per heavy atom. The minimum atomic E-state index is -0.384. The molecule has 0 aliphatic carbocycles. The second-order valence-electron chi connectivity index (χ2n) is 3.45. The van der Waals surface area contributed by atoms with E-state index in [1.165, 1.54) is 0 Å². The number of nitrogens with two attached hydrogens (primary N) is 1. The molecule has 0 aromatic heterocycles. The Hall–Kier alpha value is -1.40. The first kappa shape index (κ1) is 13.7. The van der Waals surface area contributed by atoms with Crippen LogP contribution in [-0.4, -0.2) is 24.9 Å². The van der Waals surface area contributed by atoms with Crippen molar-refractivity contribution in [2.45, 2.75) is 6.42 Å². The molecule has 0 heterocycles. The van der Waals surface area contributed by atoms with Gasteiger partial charge < -0.3 is 16.4 Å². The molecule has 2 amide bonds. The van der Waals surface area contributed by atoms with Gasteiger partial charge >= 0.3 is 0 Å². The van der Waals surface area contributed by atoms with Crippen molar-refractivity contribution in [3.63, 3.8) is 0 Å². The van der Waals surface area contributed by atoms with Gasteiger partial charge in [0.05, 0.1) is 6.54 Å². The van der Waals surface area contributed by atoms with Crippen molar-refractivity contribution in [3.05, 3.63) is 28.7 Å². The van der Waals surface area contributed by atoms with E-state index in [9.17, 15) is 9.59 Å². The predicted molar refractivity (Wildman–Crippen MR) is 69.5 cm³/mol. The maximum Gasteiger partial charge on any atom is 0.238 e. The summed E-state index contributed by atoms with van der Waals surface area (Å²) in [5.41, 5.74) is 5.69. The van der Waals surface area contributed by atoms with Gasteiger partial charge in [0.1, 0.15) is 0 Å². The first-order chi connectivity index (χ1) is 8.08. The lowest BCUT2D eigenvalue weighted by molar-refractivity contribution is -0.118. The summed E-state index contributed by atoms with van der Waals surface area (Å²) in [4.78, 5) is 21.9. The summed E-state index contributed by atoms with van der Waals surface area (Å²) in [5, 5.41) is 5.55. The fourth-order valence-electron chi connectivity index (χ4n) is 1.18. The molecular weight excluding hydrogens is 286 g/mol. The van der Waals surface area contributed by atoms with E-state index in [1.807, 2.05) is 12.1 Å². The van der Waals surface area contributed by atoms with E-state index in [1.54, 1.807) is 12.1 Å². The largest absolute Gasteiger partial charge is 0.370 e. The number of carbonyl (C=O) groups excluding carboxylic acids is 2. The Kier molecular flexibility index (Phi) is 5.65. The van der Waals surface area contributed by atoms with Gasteiger partial charge in [0.25, 0.3) is 0 Å². The molecule has 0 spiro atoms. The molecular formula is C11H14BrN3O2. The number of amides is 2. The van der Waals surface area contributed by atoms with Crippen LogP contribution < -0.4 is 16.4 Å². The van der Waals surface area contributed by atoms with Gasteiger partial charge in [-0.15, -0.1) is 0 Å². The zero-order chi connectivity index (χ0) is 12.7. The van der Waals surface area contributed by atoms with Crippen LogP contribution in [0.25, 0.3) is 0 Å². The van der Waals surface area contributed by atoms with Crippen molar-refractivity contribution in [2.24, 2.45) is 5.73 Å². The van der Waals surface area contributed by atoms with Crippen LogP contribution in [0.3, 0.4) is 0 Å². The van der Waals surface area contributed by atoms with Crippen LogP contribution in [0.15, 0.2) is 28.7 Å². The number of halogens is 1. The second kappa shape index (κ2) is 7.03. The molecule has 5 nitrogen and oxygen atoms in total. The van der Waals surface area contributed by atoms with E-state index in [4.69, 9.17) is 5.73 Å². The van der Waals surface area contributed by atoms with Crippen molar-refractivity contribution in [1.29, 1.82) is 0 Å². The van der Waals surface area contributed by atoms with Crippen LogP contribution in [0.1, 0.15) is 6.42 Å². The molecule has 0 atom stereocenters. The highest BCUT2D eigenvalue weighted by molar-refractivity contribution is 9.10. The quantitative estimate of drug-likeness (QED) is 0.681. The van der Waals surface area contributed by atoms with Crippen molar-refractivity contribution >= 4 is 33.4 Å². The van der Waals surface area contributed by atoms with Gasteiger partial charge in [0.15, 0.2) is 0 Å². The van der Waals surface area contributed by atoms with Crippen molar-refractivity contribution in [2.75, 3.05) is 18.4 Å². The smallest absolute Gasteiger partial charge is 0.238 e. The van der Waals surface area contributed by atoms with E-state index < -0.39 is 0 Å². The molecule has 0 unspecified atom stereocenters. The normalized spacial score (nSPS) is 9.94. The number of benzene rings is 1. The Labute approximate surface area is 108 Å². The monoisotopic (exact) mass is 299 g/mol. The van der Waals surface area contributed by atoms with Crippen LogP contribution in [-0.2, 0) is 9.59 Å². The summed E-state index contributed by atoms with van der Waals surface area (Å²) in [6.07, 6.45) is 0.226. The highest BCUT2D eigenvalue weighted by Gasteiger charge is 2.02. The predicted octanol–water partition coefficient (Wildman–Crippen LogP) is 0.853. The molecule has 0 radical (unpaired) electrons. The average molecular weight is 300 g/mol. The van der Waals surface area contributed by atoms with Crippen LogP contribution in [0.2, 0.25) is 0 Å². The Morgan fingerprint density at radius 1 is 1.35 bits per heavy atom. The van der Waals surface area contributed by atoms with Crippen LogP contribution in [0, 0.1) is 0 Å². The van der Waals surface area contributed by atoms with Crippen LogP contribution >= 0.6 is 15.9 Å². The molecule has 0 saturated carbocycles. The van der Waals surface area contributed by atoms with E-state index in [-0.39, 0.29) is 24.8 Å². The van der Waals surface area contributed by atoms with Gasteiger partial charge in [-0.2, -0.15) is 0 Å². The van der Waals surface area contributed by atoms with Gasteiger partial charge in [-0.05, 0) is 18.2 Å². The number of primary amides is 1. The fourth-order valence-corrected chi connectivity index (χ4v) is 1.58. The molecule has 0 bridgehead atoms. The Morgan fingerprint density at radius 2 is 2.12 bits per heavy atom. The lowest BCUT2D eigenvalue weighted by Gasteiger charge is -2.06. The molecule has 1 aromatic rings. The van der Waals surface area contributed by atoms with Gasteiger partial charge in [0.2, 0.25) is 11.8 Å². The fraction of sp³-hybridized carbons (Fsp3) is 0.273. The van der Waals surface area contributed by atoms with Crippen LogP contribution in [0.5, 0.6) is 0 Å². The zero-order valence-electron chi connectivity index (χ0n) is 9.20. The van der Waals surface area contributed by atoms with Gasteiger partial charge in [-0.25, -0.2) is 0 Å². The minimum Gasteiger partial charge on any atom is -0.370 e. The SMILES string of the molecule is NC(=O)CCNCC(=O)Nc1cccc(Br)c1. The summed E-state index contributed by atoms with van der Waals surface area (Å²) in [6.45, 7) is 0.557.